The first-order chi connectivity index (χ1) is 8.97. The molecule has 1 fully saturated rings. The van der Waals surface area contributed by atoms with Crippen molar-refractivity contribution in [1.29, 1.82) is 0 Å². The number of hydrogen-bond donors (Lipinski definition) is 2. The fraction of sp³-hybridized carbons (Fsp3) is 0.538. The van der Waals surface area contributed by atoms with Crippen LogP contribution >= 0.6 is 0 Å². The number of rotatable bonds is 4. The summed E-state index contributed by atoms with van der Waals surface area (Å²) in [4.78, 5) is -0.0501. The fourth-order valence-electron chi connectivity index (χ4n) is 2.55. The summed E-state index contributed by atoms with van der Waals surface area (Å²) in [5.41, 5.74) is 5.17. The molecule has 0 heterocycles. The average Bonchev–Trinajstić information content (AvgIpc) is 2.39. The highest BCUT2D eigenvalue weighted by atomic mass is 32.2. The molecule has 4 nitrogen and oxygen atoms in total. The Labute approximate surface area is 113 Å². The van der Waals surface area contributed by atoms with E-state index in [4.69, 9.17) is 5.73 Å². The monoisotopic (exact) mass is 286 g/mol. The van der Waals surface area contributed by atoms with Crippen LogP contribution in [0.3, 0.4) is 0 Å². The van der Waals surface area contributed by atoms with Crippen LogP contribution in [-0.2, 0) is 10.0 Å². The molecular formula is C13H19FN2O2S. The third-order valence-electron chi connectivity index (χ3n) is 3.66. The molecule has 2 rings (SSSR count). The molecule has 1 saturated carbocycles. The number of benzene rings is 1. The lowest BCUT2D eigenvalue weighted by molar-refractivity contribution is 0.276. The van der Waals surface area contributed by atoms with Crippen molar-refractivity contribution in [3.63, 3.8) is 0 Å². The number of nitrogens with two attached hydrogens (primary N) is 1. The predicted octanol–water partition coefficient (Wildman–Crippen LogP) is 1.77. The van der Waals surface area contributed by atoms with Crippen molar-refractivity contribution in [2.24, 2.45) is 5.73 Å². The van der Waals surface area contributed by atoms with E-state index in [1.54, 1.807) is 0 Å². The molecular weight excluding hydrogens is 267 g/mol. The highest BCUT2D eigenvalue weighted by molar-refractivity contribution is 7.89. The van der Waals surface area contributed by atoms with E-state index < -0.39 is 21.4 Å². The molecule has 6 heteroatoms. The number of sulfonamides is 1. The van der Waals surface area contributed by atoms with Gasteiger partial charge in [0.15, 0.2) is 0 Å². The Morgan fingerprint density at radius 2 is 1.95 bits per heavy atom. The van der Waals surface area contributed by atoms with Crippen molar-refractivity contribution in [2.75, 3.05) is 6.54 Å². The molecule has 3 N–H and O–H groups in total. The van der Waals surface area contributed by atoms with Gasteiger partial charge in [-0.3, -0.25) is 0 Å². The Bertz CT molecular complexity index is 539. The van der Waals surface area contributed by atoms with Gasteiger partial charge in [0.1, 0.15) is 5.82 Å². The molecule has 0 bridgehead atoms. The number of nitrogens with one attached hydrogen (secondary N) is 1. The largest absolute Gasteiger partial charge is 0.329 e. The third-order valence-corrected chi connectivity index (χ3v) is 5.23. The van der Waals surface area contributed by atoms with E-state index in [1.807, 2.05) is 0 Å². The Balaban J connectivity index is 2.25. The van der Waals surface area contributed by atoms with Crippen molar-refractivity contribution in [3.05, 3.63) is 30.1 Å². The van der Waals surface area contributed by atoms with Gasteiger partial charge in [0.05, 0.1) is 4.90 Å². The number of halogens is 1. The normalized spacial score (nSPS) is 19.3. The Hall–Kier alpha value is -0.980. The molecule has 1 aromatic rings. The van der Waals surface area contributed by atoms with Gasteiger partial charge >= 0.3 is 0 Å². The lowest BCUT2D eigenvalue weighted by atomic mass is 9.83. The Kier molecular flexibility index (Phi) is 4.23. The summed E-state index contributed by atoms with van der Waals surface area (Å²) >= 11 is 0. The first-order valence-electron chi connectivity index (χ1n) is 6.47. The molecule has 106 valence electrons. The zero-order valence-corrected chi connectivity index (χ0v) is 11.5. The minimum absolute atomic E-state index is 0.0501. The molecule has 0 spiro atoms. The fourth-order valence-corrected chi connectivity index (χ4v) is 4.06. The van der Waals surface area contributed by atoms with Gasteiger partial charge in [0.25, 0.3) is 0 Å². The minimum Gasteiger partial charge on any atom is -0.329 e. The van der Waals surface area contributed by atoms with Crippen LogP contribution < -0.4 is 10.5 Å². The minimum atomic E-state index is -3.72. The second kappa shape index (κ2) is 5.56. The van der Waals surface area contributed by atoms with Gasteiger partial charge in [-0.25, -0.2) is 17.5 Å². The summed E-state index contributed by atoms with van der Waals surface area (Å²) < 4.78 is 40.4. The molecule has 0 radical (unpaired) electrons. The van der Waals surface area contributed by atoms with Crippen molar-refractivity contribution in [3.8, 4) is 0 Å². The first kappa shape index (κ1) is 14.4. The van der Waals surface area contributed by atoms with Crippen LogP contribution in [0.25, 0.3) is 0 Å². The van der Waals surface area contributed by atoms with Crippen molar-refractivity contribution in [1.82, 2.24) is 4.72 Å². The molecule has 0 aliphatic heterocycles. The van der Waals surface area contributed by atoms with Gasteiger partial charge in [-0.1, -0.05) is 25.3 Å². The summed E-state index contributed by atoms with van der Waals surface area (Å²) in [5, 5.41) is 0. The van der Waals surface area contributed by atoms with Gasteiger partial charge in [-0.05, 0) is 31.0 Å². The van der Waals surface area contributed by atoms with Crippen LogP contribution in [0.15, 0.2) is 29.2 Å². The van der Waals surface area contributed by atoms with Crippen molar-refractivity contribution < 1.29 is 12.8 Å². The highest BCUT2D eigenvalue weighted by Crippen LogP contribution is 2.29. The van der Waals surface area contributed by atoms with Gasteiger partial charge in [0, 0.05) is 12.1 Å². The smallest absolute Gasteiger partial charge is 0.241 e. The van der Waals surface area contributed by atoms with E-state index in [0.29, 0.717) is 0 Å². The Morgan fingerprint density at radius 1 is 1.26 bits per heavy atom. The standard InChI is InChI=1S/C13H19FN2O2S/c14-11-5-4-6-12(9-11)19(17,18)16-13(10-15)7-2-1-3-8-13/h4-6,9,16H,1-3,7-8,10,15H2. The average molecular weight is 286 g/mol. The molecule has 0 amide bonds. The van der Waals surface area contributed by atoms with Crippen LogP contribution in [0.5, 0.6) is 0 Å². The van der Waals surface area contributed by atoms with E-state index in [2.05, 4.69) is 4.72 Å². The van der Waals surface area contributed by atoms with E-state index in [1.165, 1.54) is 18.2 Å². The maximum atomic E-state index is 13.1. The van der Waals surface area contributed by atoms with Crippen LogP contribution in [0.1, 0.15) is 32.1 Å². The van der Waals surface area contributed by atoms with Gasteiger partial charge in [0.2, 0.25) is 10.0 Å². The molecule has 0 saturated heterocycles. The third kappa shape index (κ3) is 3.32. The predicted molar refractivity (Wildman–Crippen MR) is 71.6 cm³/mol. The van der Waals surface area contributed by atoms with E-state index in [0.717, 1.165) is 38.2 Å². The maximum absolute atomic E-state index is 13.1. The Morgan fingerprint density at radius 3 is 2.53 bits per heavy atom. The zero-order chi connectivity index (χ0) is 13.9. The topological polar surface area (TPSA) is 72.2 Å². The SMILES string of the molecule is NCC1(NS(=O)(=O)c2cccc(F)c2)CCCCC1. The molecule has 1 aliphatic rings. The number of hydrogen-bond acceptors (Lipinski definition) is 3. The molecule has 19 heavy (non-hydrogen) atoms. The first-order valence-corrected chi connectivity index (χ1v) is 7.95. The quantitative estimate of drug-likeness (QED) is 0.886. The van der Waals surface area contributed by atoms with Crippen LogP contribution in [0, 0.1) is 5.82 Å². The van der Waals surface area contributed by atoms with Gasteiger partial charge in [-0.15, -0.1) is 0 Å². The van der Waals surface area contributed by atoms with Gasteiger partial charge < -0.3 is 5.73 Å². The molecule has 1 aliphatic carbocycles. The van der Waals surface area contributed by atoms with Crippen molar-refractivity contribution >= 4 is 10.0 Å². The van der Waals surface area contributed by atoms with Crippen LogP contribution in [0.2, 0.25) is 0 Å². The summed E-state index contributed by atoms with van der Waals surface area (Å²) in [6.45, 7) is 0.265. The zero-order valence-electron chi connectivity index (χ0n) is 10.7. The summed E-state index contributed by atoms with van der Waals surface area (Å²) in [5.74, 6) is -0.562. The maximum Gasteiger partial charge on any atom is 0.241 e. The molecule has 0 aromatic heterocycles. The van der Waals surface area contributed by atoms with Crippen LogP contribution in [0.4, 0.5) is 4.39 Å². The second-order valence-corrected chi connectivity index (χ2v) is 6.79. The van der Waals surface area contributed by atoms with Gasteiger partial charge in [-0.2, -0.15) is 0 Å². The summed E-state index contributed by atoms with van der Waals surface area (Å²) in [7, 11) is -3.72. The summed E-state index contributed by atoms with van der Waals surface area (Å²) in [6, 6.07) is 5.02. The molecule has 0 atom stereocenters. The molecule has 0 unspecified atom stereocenters. The van der Waals surface area contributed by atoms with E-state index in [9.17, 15) is 12.8 Å². The summed E-state index contributed by atoms with van der Waals surface area (Å²) in [6.07, 6.45) is 4.49. The van der Waals surface area contributed by atoms with E-state index in [-0.39, 0.29) is 11.4 Å². The van der Waals surface area contributed by atoms with Crippen molar-refractivity contribution in [2.45, 2.75) is 42.5 Å². The molecule has 1 aromatic carbocycles. The van der Waals surface area contributed by atoms with Crippen LogP contribution in [-0.4, -0.2) is 20.5 Å². The lowest BCUT2D eigenvalue weighted by Crippen LogP contribution is -2.54. The van der Waals surface area contributed by atoms with E-state index >= 15 is 0 Å². The lowest BCUT2D eigenvalue weighted by Gasteiger charge is -2.36. The highest BCUT2D eigenvalue weighted by Gasteiger charge is 2.35. The second-order valence-electron chi connectivity index (χ2n) is 5.11.